The van der Waals surface area contributed by atoms with Crippen molar-refractivity contribution in [3.8, 4) is 0 Å². The van der Waals surface area contributed by atoms with E-state index in [1.807, 2.05) is 0 Å². The number of hydrogen-bond donors (Lipinski definition) is 1. The van der Waals surface area contributed by atoms with Crippen molar-refractivity contribution in [2.24, 2.45) is 5.41 Å². The zero-order valence-electron chi connectivity index (χ0n) is 13.0. The summed E-state index contributed by atoms with van der Waals surface area (Å²) in [5, 5.41) is 0. The second-order valence-corrected chi connectivity index (χ2v) is 5.49. The molecule has 0 aromatic carbocycles. The molecule has 0 radical (unpaired) electrons. The molecule has 0 N–H and O–H groups in total. The van der Waals surface area contributed by atoms with Crippen molar-refractivity contribution in [1.82, 2.24) is 0 Å². The summed E-state index contributed by atoms with van der Waals surface area (Å²) in [6.07, 6.45) is 5.72. The lowest BCUT2D eigenvalue weighted by Crippen LogP contribution is -2.29. The zero-order valence-corrected chi connectivity index (χ0v) is 13.8. The molecule has 0 bridgehead atoms. The Bertz CT molecular complexity index is 182. The molecule has 0 unspecified atom stereocenters. The molecule has 0 fully saturated rings. The van der Waals surface area contributed by atoms with Crippen molar-refractivity contribution < 1.29 is 14.2 Å². The van der Waals surface area contributed by atoms with Crippen LogP contribution in [-0.2, 0) is 14.2 Å². The van der Waals surface area contributed by atoms with Gasteiger partial charge in [0, 0.05) is 25.7 Å². The summed E-state index contributed by atoms with van der Waals surface area (Å²) in [4.78, 5) is 0. The van der Waals surface area contributed by atoms with E-state index < -0.39 is 0 Å². The fourth-order valence-corrected chi connectivity index (χ4v) is 2.76. The molecular formula is C15H32O3S. The highest BCUT2D eigenvalue weighted by Gasteiger charge is 2.26. The summed E-state index contributed by atoms with van der Waals surface area (Å²) in [5.41, 5.74) is 0.253. The van der Waals surface area contributed by atoms with Gasteiger partial charge in [0.15, 0.2) is 0 Å². The third-order valence-electron chi connectivity index (χ3n) is 3.31. The normalized spacial score (nSPS) is 12.0. The molecular weight excluding hydrogens is 260 g/mol. The Kier molecular flexibility index (Phi) is 13.4. The first-order valence-corrected chi connectivity index (χ1v) is 8.13. The maximum atomic E-state index is 5.80. The Hall–Kier alpha value is 0.230. The van der Waals surface area contributed by atoms with Gasteiger partial charge in [0.05, 0.1) is 19.8 Å². The first-order chi connectivity index (χ1) is 9.24. The average molecular weight is 292 g/mol. The van der Waals surface area contributed by atoms with Crippen molar-refractivity contribution in [2.45, 2.75) is 46.0 Å². The van der Waals surface area contributed by atoms with E-state index in [0.717, 1.165) is 32.0 Å². The van der Waals surface area contributed by atoms with Crippen molar-refractivity contribution in [3.05, 3.63) is 0 Å². The topological polar surface area (TPSA) is 27.7 Å². The van der Waals surface area contributed by atoms with E-state index in [9.17, 15) is 0 Å². The van der Waals surface area contributed by atoms with Gasteiger partial charge in [-0.15, -0.1) is 0 Å². The van der Waals surface area contributed by atoms with Crippen LogP contribution in [0, 0.1) is 5.41 Å². The largest absolute Gasteiger partial charge is 0.385 e. The van der Waals surface area contributed by atoms with Gasteiger partial charge < -0.3 is 14.2 Å². The molecule has 0 aliphatic rings. The van der Waals surface area contributed by atoms with Crippen LogP contribution in [0.4, 0.5) is 0 Å². The van der Waals surface area contributed by atoms with Crippen molar-refractivity contribution >= 4 is 12.6 Å². The van der Waals surface area contributed by atoms with E-state index in [0.29, 0.717) is 13.2 Å². The molecule has 0 atom stereocenters. The van der Waals surface area contributed by atoms with Crippen molar-refractivity contribution in [1.29, 1.82) is 0 Å². The molecule has 0 saturated carbocycles. The predicted octanol–water partition coefficient (Wildman–Crippen LogP) is 3.57. The highest BCUT2D eigenvalue weighted by molar-refractivity contribution is 7.80. The van der Waals surface area contributed by atoms with Crippen molar-refractivity contribution in [3.63, 3.8) is 0 Å². The fraction of sp³-hybridized carbons (Fsp3) is 1.00. The molecule has 0 aromatic rings. The Morgan fingerprint density at radius 2 is 1.53 bits per heavy atom. The average Bonchev–Trinajstić information content (AvgIpc) is 2.42. The molecule has 0 aliphatic carbocycles. The van der Waals surface area contributed by atoms with Crippen LogP contribution in [0.5, 0.6) is 0 Å². The minimum Gasteiger partial charge on any atom is -0.385 e. The Balaban J connectivity index is 3.68. The van der Waals surface area contributed by atoms with E-state index in [-0.39, 0.29) is 5.41 Å². The summed E-state index contributed by atoms with van der Waals surface area (Å²) in [6, 6.07) is 0. The van der Waals surface area contributed by atoms with Gasteiger partial charge in [-0.05, 0) is 25.0 Å². The molecule has 19 heavy (non-hydrogen) atoms. The minimum absolute atomic E-state index is 0.253. The van der Waals surface area contributed by atoms with E-state index in [2.05, 4.69) is 26.5 Å². The predicted molar refractivity (Wildman–Crippen MR) is 84.2 cm³/mol. The molecule has 0 rings (SSSR count). The van der Waals surface area contributed by atoms with Gasteiger partial charge in [-0.2, -0.15) is 12.6 Å². The molecule has 0 heterocycles. The van der Waals surface area contributed by atoms with Gasteiger partial charge in [-0.3, -0.25) is 0 Å². The zero-order chi connectivity index (χ0) is 14.4. The van der Waals surface area contributed by atoms with Gasteiger partial charge in [-0.25, -0.2) is 0 Å². The first-order valence-electron chi connectivity index (χ1n) is 7.50. The van der Waals surface area contributed by atoms with Crippen LogP contribution in [0.3, 0.4) is 0 Å². The monoisotopic (exact) mass is 292 g/mol. The van der Waals surface area contributed by atoms with Crippen LogP contribution in [-0.4, -0.2) is 45.9 Å². The summed E-state index contributed by atoms with van der Waals surface area (Å²) in [5.74, 6) is 0.906. The third kappa shape index (κ3) is 9.72. The van der Waals surface area contributed by atoms with Crippen LogP contribution in [0.2, 0.25) is 0 Å². The molecule has 0 amide bonds. The van der Waals surface area contributed by atoms with Gasteiger partial charge in [0.25, 0.3) is 0 Å². The second-order valence-electron chi connectivity index (χ2n) is 5.17. The number of rotatable bonds is 14. The standard InChI is InChI=1S/C15H32O3S/c1-4-7-15(14-19,8-5-2)13-18-12-11-17-10-6-9-16-3/h19H,4-14H2,1-3H3. The SMILES string of the molecule is CCCC(CS)(CCC)COCCOCCCOC. The van der Waals surface area contributed by atoms with E-state index >= 15 is 0 Å². The lowest BCUT2D eigenvalue weighted by molar-refractivity contribution is 0.00255. The number of ether oxygens (including phenoxy) is 3. The van der Waals surface area contributed by atoms with Crippen LogP contribution in [0.25, 0.3) is 0 Å². The van der Waals surface area contributed by atoms with Gasteiger partial charge >= 0.3 is 0 Å². The number of methoxy groups -OCH3 is 1. The first kappa shape index (κ1) is 19.2. The van der Waals surface area contributed by atoms with E-state index in [4.69, 9.17) is 14.2 Å². The molecule has 3 nitrogen and oxygen atoms in total. The molecule has 4 heteroatoms. The maximum Gasteiger partial charge on any atom is 0.0700 e. The quantitative estimate of drug-likeness (QED) is 0.392. The highest BCUT2D eigenvalue weighted by atomic mass is 32.1. The van der Waals surface area contributed by atoms with Crippen LogP contribution in [0.15, 0.2) is 0 Å². The lowest BCUT2D eigenvalue weighted by Gasteiger charge is -2.31. The molecule has 0 spiro atoms. The van der Waals surface area contributed by atoms with Gasteiger partial charge in [0.1, 0.15) is 0 Å². The molecule has 0 aliphatic heterocycles. The van der Waals surface area contributed by atoms with Crippen LogP contribution >= 0.6 is 12.6 Å². The summed E-state index contributed by atoms with van der Waals surface area (Å²) < 4.78 is 16.2. The minimum atomic E-state index is 0.253. The fourth-order valence-electron chi connectivity index (χ4n) is 2.35. The Morgan fingerprint density at radius 3 is 2.05 bits per heavy atom. The summed E-state index contributed by atoms with van der Waals surface area (Å²) in [6.45, 7) is 8.12. The smallest absolute Gasteiger partial charge is 0.0700 e. The van der Waals surface area contributed by atoms with Crippen molar-refractivity contribution in [2.75, 3.05) is 45.9 Å². The second kappa shape index (κ2) is 13.2. The van der Waals surface area contributed by atoms with Crippen LogP contribution in [0.1, 0.15) is 46.0 Å². The third-order valence-corrected chi connectivity index (χ3v) is 3.98. The lowest BCUT2D eigenvalue weighted by atomic mass is 9.82. The van der Waals surface area contributed by atoms with Gasteiger partial charge in [-0.1, -0.05) is 26.7 Å². The number of thiol groups is 1. The molecule has 116 valence electrons. The van der Waals surface area contributed by atoms with Gasteiger partial charge in [0.2, 0.25) is 0 Å². The van der Waals surface area contributed by atoms with E-state index in [1.165, 1.54) is 25.7 Å². The van der Waals surface area contributed by atoms with E-state index in [1.54, 1.807) is 7.11 Å². The Morgan fingerprint density at radius 1 is 0.895 bits per heavy atom. The van der Waals surface area contributed by atoms with Crippen LogP contribution < -0.4 is 0 Å². The molecule has 0 saturated heterocycles. The highest BCUT2D eigenvalue weighted by Crippen LogP contribution is 2.31. The maximum absolute atomic E-state index is 5.80. The summed E-state index contributed by atoms with van der Waals surface area (Å²) >= 11 is 4.53. The summed E-state index contributed by atoms with van der Waals surface area (Å²) in [7, 11) is 1.71. The Labute approximate surface area is 124 Å². The number of hydrogen-bond acceptors (Lipinski definition) is 4. The molecule has 0 aromatic heterocycles.